The Balaban J connectivity index is 1.82. The molecule has 0 amide bonds. The van der Waals surface area contributed by atoms with Crippen molar-refractivity contribution >= 4 is 43.5 Å². The SMILES string of the molecule is CC(C)Cn1c(=O)n(C)c(=O)c2c([S+]([O-])c3cccc(O)c3)c(Cc3cccc4ccccc34)sc21. The van der Waals surface area contributed by atoms with Crippen molar-refractivity contribution in [3.05, 3.63) is 98.0 Å². The van der Waals surface area contributed by atoms with Crippen LogP contribution in [0.25, 0.3) is 21.0 Å². The van der Waals surface area contributed by atoms with Crippen LogP contribution in [0.1, 0.15) is 24.3 Å². The Kier molecular flexibility index (Phi) is 6.51. The van der Waals surface area contributed by atoms with Crippen LogP contribution in [-0.4, -0.2) is 18.8 Å². The molecule has 6 nitrogen and oxygen atoms in total. The van der Waals surface area contributed by atoms with Crippen molar-refractivity contribution in [3.8, 4) is 5.75 Å². The van der Waals surface area contributed by atoms with Gasteiger partial charge in [0.05, 0.1) is 4.88 Å². The summed E-state index contributed by atoms with van der Waals surface area (Å²) in [4.78, 5) is 28.7. The second kappa shape index (κ2) is 9.61. The number of hydrogen-bond acceptors (Lipinski definition) is 5. The Morgan fingerprint density at radius 1 is 1.03 bits per heavy atom. The average Bonchev–Trinajstić information content (AvgIpc) is 3.24. The molecule has 0 spiro atoms. The van der Waals surface area contributed by atoms with Gasteiger partial charge in [-0.1, -0.05) is 62.4 Å². The molecular weight excluding hydrogens is 492 g/mol. The van der Waals surface area contributed by atoms with Crippen LogP contribution in [0.15, 0.2) is 86.1 Å². The molecule has 0 saturated heterocycles. The molecule has 0 bridgehead atoms. The largest absolute Gasteiger partial charge is 0.606 e. The molecule has 184 valence electrons. The van der Waals surface area contributed by atoms with Crippen LogP contribution in [0.4, 0.5) is 0 Å². The number of aromatic hydroxyl groups is 1. The van der Waals surface area contributed by atoms with Crippen LogP contribution < -0.4 is 11.2 Å². The molecule has 2 aromatic heterocycles. The molecule has 2 heterocycles. The fraction of sp³-hybridized carbons (Fsp3) is 0.214. The first-order valence-electron chi connectivity index (χ1n) is 11.7. The summed E-state index contributed by atoms with van der Waals surface area (Å²) in [6.45, 7) is 4.47. The summed E-state index contributed by atoms with van der Waals surface area (Å²) in [6, 6.07) is 20.4. The van der Waals surface area contributed by atoms with Gasteiger partial charge in [0.15, 0.2) is 9.79 Å². The molecule has 0 fully saturated rings. The maximum absolute atomic E-state index is 14.0. The summed E-state index contributed by atoms with van der Waals surface area (Å²) in [7, 11) is 1.46. The molecule has 0 aliphatic carbocycles. The van der Waals surface area contributed by atoms with E-state index in [4.69, 9.17) is 0 Å². The van der Waals surface area contributed by atoms with E-state index in [1.807, 2.05) is 50.2 Å². The summed E-state index contributed by atoms with van der Waals surface area (Å²) in [5.41, 5.74) is 0.205. The molecule has 8 heteroatoms. The lowest BCUT2D eigenvalue weighted by Crippen LogP contribution is -2.38. The summed E-state index contributed by atoms with van der Waals surface area (Å²) in [5.74, 6) is 0.174. The van der Waals surface area contributed by atoms with E-state index in [0.29, 0.717) is 33.0 Å². The van der Waals surface area contributed by atoms with Crippen molar-refractivity contribution in [2.75, 3.05) is 0 Å². The van der Waals surface area contributed by atoms with E-state index in [0.717, 1.165) is 25.8 Å². The lowest BCUT2D eigenvalue weighted by Gasteiger charge is -2.13. The standard InChI is InChI=1S/C28H26N2O4S2/c1-17(2)16-30-27-24(26(32)29(3)28(30)33)25(36(34)21-12-7-11-20(31)15-21)23(35-27)14-19-10-6-9-18-8-4-5-13-22(18)19/h4-13,15,17,31H,14,16H2,1-3H3. The van der Waals surface area contributed by atoms with Gasteiger partial charge in [-0.3, -0.25) is 13.9 Å². The summed E-state index contributed by atoms with van der Waals surface area (Å²) < 4.78 is 16.7. The van der Waals surface area contributed by atoms with Crippen LogP contribution in [0.2, 0.25) is 0 Å². The summed E-state index contributed by atoms with van der Waals surface area (Å²) in [5, 5.41) is 12.5. The zero-order valence-electron chi connectivity index (χ0n) is 20.2. The number of phenolic OH excluding ortho intramolecular Hbond substituents is 1. The highest BCUT2D eigenvalue weighted by Gasteiger charge is 2.31. The first kappa shape index (κ1) is 24.4. The van der Waals surface area contributed by atoms with E-state index < -0.39 is 16.7 Å². The normalized spacial score (nSPS) is 12.6. The predicted molar refractivity (Wildman–Crippen MR) is 146 cm³/mol. The van der Waals surface area contributed by atoms with E-state index in [9.17, 15) is 19.2 Å². The van der Waals surface area contributed by atoms with Gasteiger partial charge in [-0.05, 0) is 34.4 Å². The van der Waals surface area contributed by atoms with Gasteiger partial charge in [0.25, 0.3) is 5.56 Å². The van der Waals surface area contributed by atoms with Gasteiger partial charge < -0.3 is 9.66 Å². The highest BCUT2D eigenvalue weighted by Crippen LogP contribution is 2.38. The molecular formula is C28H26N2O4S2. The van der Waals surface area contributed by atoms with E-state index in [-0.39, 0.29) is 17.4 Å². The van der Waals surface area contributed by atoms with Gasteiger partial charge in [-0.2, -0.15) is 0 Å². The van der Waals surface area contributed by atoms with Gasteiger partial charge in [-0.15, -0.1) is 11.3 Å². The maximum atomic E-state index is 14.0. The fourth-order valence-corrected chi connectivity index (χ4v) is 7.47. The third kappa shape index (κ3) is 4.25. The number of hydrogen-bond donors (Lipinski definition) is 1. The van der Waals surface area contributed by atoms with E-state index in [1.54, 1.807) is 16.7 Å². The minimum Gasteiger partial charge on any atom is -0.606 e. The van der Waals surface area contributed by atoms with Crippen molar-refractivity contribution in [2.24, 2.45) is 13.0 Å². The molecule has 1 N–H and O–H groups in total. The van der Waals surface area contributed by atoms with Crippen LogP contribution in [0.5, 0.6) is 5.75 Å². The number of thiophene rings is 1. The van der Waals surface area contributed by atoms with Crippen LogP contribution in [0, 0.1) is 5.92 Å². The number of fused-ring (bicyclic) bond motifs is 2. The second-order valence-electron chi connectivity index (χ2n) is 9.27. The molecule has 0 aliphatic rings. The van der Waals surface area contributed by atoms with Crippen molar-refractivity contribution in [1.82, 2.24) is 9.13 Å². The minimum atomic E-state index is -1.74. The van der Waals surface area contributed by atoms with E-state index in [1.165, 1.54) is 30.5 Å². The number of rotatable bonds is 6. The van der Waals surface area contributed by atoms with Crippen molar-refractivity contribution in [1.29, 1.82) is 0 Å². The summed E-state index contributed by atoms with van der Waals surface area (Å²) >= 11 is -0.390. The van der Waals surface area contributed by atoms with Crippen LogP contribution in [0.3, 0.4) is 0 Å². The third-order valence-corrected chi connectivity index (χ3v) is 9.04. The number of benzene rings is 3. The second-order valence-corrected chi connectivity index (χ2v) is 11.8. The topological polar surface area (TPSA) is 87.3 Å². The molecule has 1 unspecified atom stereocenters. The van der Waals surface area contributed by atoms with Crippen molar-refractivity contribution in [2.45, 2.75) is 36.6 Å². The van der Waals surface area contributed by atoms with Crippen LogP contribution >= 0.6 is 11.3 Å². The molecule has 0 aliphatic heterocycles. The molecule has 3 aromatic carbocycles. The molecule has 5 rings (SSSR count). The van der Waals surface area contributed by atoms with Gasteiger partial charge >= 0.3 is 5.69 Å². The lowest BCUT2D eigenvalue weighted by molar-refractivity contribution is 0.473. The smallest absolute Gasteiger partial charge is 0.331 e. The Hall–Kier alpha value is -3.33. The Morgan fingerprint density at radius 2 is 1.75 bits per heavy atom. The van der Waals surface area contributed by atoms with Crippen LogP contribution in [-0.2, 0) is 31.2 Å². The minimum absolute atomic E-state index is 0.000562. The highest BCUT2D eigenvalue weighted by molar-refractivity contribution is 7.92. The van der Waals surface area contributed by atoms with Gasteiger partial charge in [0.2, 0.25) is 0 Å². The fourth-order valence-electron chi connectivity index (χ4n) is 4.53. The quantitative estimate of drug-likeness (QED) is 0.319. The predicted octanol–water partition coefficient (Wildman–Crippen LogP) is 5.03. The van der Waals surface area contributed by atoms with Gasteiger partial charge in [0, 0.05) is 37.3 Å². The molecule has 1 atom stereocenters. The number of nitrogens with zero attached hydrogens (tertiary/aromatic N) is 2. The third-order valence-electron chi connectivity index (χ3n) is 6.19. The maximum Gasteiger partial charge on any atom is 0.331 e. The van der Waals surface area contributed by atoms with Gasteiger partial charge in [0.1, 0.15) is 16.0 Å². The zero-order chi connectivity index (χ0) is 25.6. The molecule has 0 saturated carbocycles. The van der Waals surface area contributed by atoms with E-state index in [2.05, 4.69) is 6.07 Å². The molecule has 0 radical (unpaired) electrons. The first-order chi connectivity index (χ1) is 17.3. The monoisotopic (exact) mass is 518 g/mol. The zero-order valence-corrected chi connectivity index (χ0v) is 21.9. The molecule has 36 heavy (non-hydrogen) atoms. The van der Waals surface area contributed by atoms with E-state index >= 15 is 0 Å². The average molecular weight is 519 g/mol. The van der Waals surface area contributed by atoms with Gasteiger partial charge in [-0.25, -0.2) is 4.79 Å². The highest BCUT2D eigenvalue weighted by atomic mass is 32.2. The summed E-state index contributed by atoms with van der Waals surface area (Å²) in [6.07, 6.45) is 0.458. The Labute approximate surface area is 215 Å². The first-order valence-corrected chi connectivity index (χ1v) is 13.7. The van der Waals surface area contributed by atoms with Crippen molar-refractivity contribution < 1.29 is 9.66 Å². The number of phenols is 1. The Morgan fingerprint density at radius 3 is 2.50 bits per heavy atom. The van der Waals surface area contributed by atoms with Crippen molar-refractivity contribution in [3.63, 3.8) is 0 Å². The number of aromatic nitrogens is 2. The Bertz CT molecular complexity index is 1710. The molecule has 5 aromatic rings. The lowest BCUT2D eigenvalue weighted by atomic mass is 10.0.